The lowest BCUT2D eigenvalue weighted by Crippen LogP contribution is -2.18. The Morgan fingerprint density at radius 3 is 1.42 bits per heavy atom. The molecule has 0 saturated carbocycles. The fourth-order valence-electron chi connectivity index (χ4n) is 0.540. The Bertz CT molecular complexity index is 162. The zero-order valence-electron chi connectivity index (χ0n) is 6.04. The summed E-state index contributed by atoms with van der Waals surface area (Å²) in [4.78, 5) is 20.3. The van der Waals surface area contributed by atoms with Crippen LogP contribution < -0.4 is 0 Å². The van der Waals surface area contributed by atoms with Crippen molar-refractivity contribution in [1.29, 1.82) is 0 Å². The summed E-state index contributed by atoms with van der Waals surface area (Å²) in [5.74, 6) is -2.32. The van der Waals surface area contributed by atoms with Gasteiger partial charge >= 0.3 is 11.9 Å². The van der Waals surface area contributed by atoms with Crippen molar-refractivity contribution < 1.29 is 19.8 Å². The zero-order valence-corrected chi connectivity index (χ0v) is 7.55. The van der Waals surface area contributed by atoms with Gasteiger partial charge in [-0.05, 0) is 12.8 Å². The highest BCUT2D eigenvalue weighted by Gasteiger charge is 2.19. The molecule has 0 bridgehead atoms. The first-order valence-corrected chi connectivity index (χ1v) is 4.06. The van der Waals surface area contributed by atoms with Gasteiger partial charge in [-0.25, -0.2) is 0 Å². The van der Waals surface area contributed by atoms with Crippen LogP contribution in [0.2, 0.25) is 0 Å². The van der Waals surface area contributed by atoms with Crippen LogP contribution in [-0.4, -0.2) is 32.9 Å². The molecule has 0 aromatic carbocycles. The molecule has 2 atom stereocenters. The SMILES string of the molecule is O=C(O)C(Cl)CCC(Cl)C(=O)O. The molecule has 6 heteroatoms. The van der Waals surface area contributed by atoms with E-state index in [1.165, 1.54) is 0 Å². The maximum atomic E-state index is 10.2. The quantitative estimate of drug-likeness (QED) is 0.674. The van der Waals surface area contributed by atoms with Crippen LogP contribution in [-0.2, 0) is 9.59 Å². The van der Waals surface area contributed by atoms with Gasteiger partial charge in [-0.2, -0.15) is 0 Å². The number of alkyl halides is 2. The van der Waals surface area contributed by atoms with Crippen molar-refractivity contribution in [2.24, 2.45) is 0 Å². The summed E-state index contributed by atoms with van der Waals surface area (Å²) in [7, 11) is 0. The topological polar surface area (TPSA) is 74.6 Å². The predicted molar refractivity (Wildman–Crippen MR) is 43.8 cm³/mol. The van der Waals surface area contributed by atoms with Crippen LogP contribution >= 0.6 is 23.2 Å². The molecule has 0 heterocycles. The summed E-state index contributed by atoms with van der Waals surface area (Å²) in [5.41, 5.74) is 0. The normalized spacial score (nSPS) is 15.2. The Kier molecular flexibility index (Phi) is 5.01. The summed E-state index contributed by atoms with van der Waals surface area (Å²) in [6, 6.07) is 0. The number of carboxylic acids is 2. The third kappa shape index (κ3) is 4.41. The number of carbonyl (C=O) groups is 2. The third-order valence-electron chi connectivity index (χ3n) is 1.21. The van der Waals surface area contributed by atoms with Crippen molar-refractivity contribution in [1.82, 2.24) is 0 Å². The van der Waals surface area contributed by atoms with Gasteiger partial charge < -0.3 is 10.2 Å². The summed E-state index contributed by atoms with van der Waals surface area (Å²) in [5, 5.41) is 14.5. The third-order valence-corrected chi connectivity index (χ3v) is 2.02. The molecule has 4 nitrogen and oxygen atoms in total. The van der Waals surface area contributed by atoms with Crippen molar-refractivity contribution in [3.05, 3.63) is 0 Å². The molecule has 0 aliphatic carbocycles. The molecule has 2 unspecified atom stereocenters. The molecule has 0 spiro atoms. The number of hydrogen-bond donors (Lipinski definition) is 2. The van der Waals surface area contributed by atoms with Crippen molar-refractivity contribution in [3.8, 4) is 0 Å². The maximum absolute atomic E-state index is 10.2. The lowest BCUT2D eigenvalue weighted by molar-refractivity contribution is -0.138. The second-order valence-electron chi connectivity index (χ2n) is 2.19. The van der Waals surface area contributed by atoms with E-state index >= 15 is 0 Å². The molecule has 0 aliphatic rings. The van der Waals surface area contributed by atoms with Gasteiger partial charge in [0.05, 0.1) is 0 Å². The van der Waals surface area contributed by atoms with Crippen LogP contribution in [0.1, 0.15) is 12.8 Å². The fourth-order valence-corrected chi connectivity index (χ4v) is 0.792. The molecule has 2 N–H and O–H groups in total. The smallest absolute Gasteiger partial charge is 0.321 e. The highest BCUT2D eigenvalue weighted by Crippen LogP contribution is 2.11. The average molecular weight is 215 g/mol. The van der Waals surface area contributed by atoms with Gasteiger partial charge in [-0.3, -0.25) is 9.59 Å². The van der Waals surface area contributed by atoms with Gasteiger partial charge in [0.1, 0.15) is 10.8 Å². The van der Waals surface area contributed by atoms with E-state index in [9.17, 15) is 9.59 Å². The maximum Gasteiger partial charge on any atom is 0.321 e. The Morgan fingerprint density at radius 2 is 1.25 bits per heavy atom. The molecule has 0 radical (unpaired) electrons. The summed E-state index contributed by atoms with van der Waals surface area (Å²) in [6.07, 6.45) is 0.106. The fraction of sp³-hybridized carbons (Fsp3) is 0.667. The van der Waals surface area contributed by atoms with E-state index in [0.29, 0.717) is 0 Å². The molecule has 0 aromatic heterocycles. The van der Waals surface area contributed by atoms with E-state index in [2.05, 4.69) is 0 Å². The largest absolute Gasteiger partial charge is 0.480 e. The summed E-state index contributed by atoms with van der Waals surface area (Å²) >= 11 is 10.6. The van der Waals surface area contributed by atoms with Crippen molar-refractivity contribution >= 4 is 35.1 Å². The summed E-state index contributed by atoms with van der Waals surface area (Å²) in [6.45, 7) is 0. The minimum Gasteiger partial charge on any atom is -0.480 e. The number of hydrogen-bond acceptors (Lipinski definition) is 2. The van der Waals surface area contributed by atoms with Crippen LogP contribution in [0.25, 0.3) is 0 Å². The first-order valence-electron chi connectivity index (χ1n) is 3.19. The molecular formula is C6H8Cl2O4. The van der Waals surface area contributed by atoms with E-state index in [-0.39, 0.29) is 12.8 Å². The van der Waals surface area contributed by atoms with E-state index in [1.807, 2.05) is 0 Å². The van der Waals surface area contributed by atoms with Crippen molar-refractivity contribution in [2.45, 2.75) is 23.6 Å². The average Bonchev–Trinajstić information content (AvgIpc) is 1.98. The molecule has 0 fully saturated rings. The Labute approximate surface area is 79.1 Å². The van der Waals surface area contributed by atoms with Gasteiger partial charge in [-0.15, -0.1) is 23.2 Å². The van der Waals surface area contributed by atoms with Gasteiger partial charge in [0.2, 0.25) is 0 Å². The molecular weight excluding hydrogens is 207 g/mol. The molecule has 12 heavy (non-hydrogen) atoms. The van der Waals surface area contributed by atoms with Crippen molar-refractivity contribution in [3.63, 3.8) is 0 Å². The molecule has 0 amide bonds. The van der Waals surface area contributed by atoms with Gasteiger partial charge in [0.15, 0.2) is 0 Å². The first-order chi connectivity index (χ1) is 5.45. The van der Waals surface area contributed by atoms with E-state index in [4.69, 9.17) is 33.4 Å². The van der Waals surface area contributed by atoms with Crippen LogP contribution in [0.3, 0.4) is 0 Å². The Hall–Kier alpha value is -0.480. The highest BCUT2D eigenvalue weighted by molar-refractivity contribution is 6.30. The van der Waals surface area contributed by atoms with Gasteiger partial charge in [-0.1, -0.05) is 0 Å². The molecule has 0 saturated heterocycles. The monoisotopic (exact) mass is 214 g/mol. The summed E-state index contributed by atoms with van der Waals surface area (Å²) < 4.78 is 0. The van der Waals surface area contributed by atoms with Crippen molar-refractivity contribution in [2.75, 3.05) is 0 Å². The van der Waals surface area contributed by atoms with E-state index in [1.54, 1.807) is 0 Å². The second-order valence-corrected chi connectivity index (χ2v) is 3.24. The van der Waals surface area contributed by atoms with E-state index < -0.39 is 22.7 Å². The Balaban J connectivity index is 3.68. The van der Waals surface area contributed by atoms with Crippen LogP contribution in [0.4, 0.5) is 0 Å². The minimum absolute atomic E-state index is 0.0529. The van der Waals surface area contributed by atoms with Gasteiger partial charge in [0, 0.05) is 0 Å². The molecule has 0 aromatic rings. The van der Waals surface area contributed by atoms with Crippen LogP contribution in [0.5, 0.6) is 0 Å². The number of halogens is 2. The van der Waals surface area contributed by atoms with E-state index in [0.717, 1.165) is 0 Å². The number of aliphatic carboxylic acids is 2. The second kappa shape index (κ2) is 5.22. The minimum atomic E-state index is -1.16. The first kappa shape index (κ1) is 11.5. The zero-order chi connectivity index (χ0) is 9.72. The van der Waals surface area contributed by atoms with Gasteiger partial charge in [0.25, 0.3) is 0 Å². The molecule has 0 aliphatic heterocycles. The highest BCUT2D eigenvalue weighted by atomic mass is 35.5. The molecule has 70 valence electrons. The Morgan fingerprint density at radius 1 is 1.00 bits per heavy atom. The lowest BCUT2D eigenvalue weighted by atomic mass is 10.2. The lowest BCUT2D eigenvalue weighted by Gasteiger charge is -2.05. The standard InChI is InChI=1S/C6H8Cl2O4/c7-3(5(9)10)1-2-4(8)6(11)12/h3-4H,1-2H2,(H,9,10)(H,11,12). The molecule has 0 rings (SSSR count). The predicted octanol–water partition coefficient (Wildman–Crippen LogP) is 1.15. The number of carboxylic acid groups (broad SMARTS) is 2. The van der Waals surface area contributed by atoms with Crippen LogP contribution in [0.15, 0.2) is 0 Å². The van der Waals surface area contributed by atoms with Crippen LogP contribution in [0, 0.1) is 0 Å². The number of rotatable bonds is 5.